The van der Waals surface area contributed by atoms with Gasteiger partial charge in [0.1, 0.15) is 5.82 Å². The number of ether oxygens (including phenoxy) is 1. The van der Waals surface area contributed by atoms with Gasteiger partial charge in [-0.25, -0.2) is 4.98 Å². The fraction of sp³-hybridized carbons (Fsp3) is 0.684. The Morgan fingerprint density at radius 2 is 1.96 bits per heavy atom. The molecule has 0 aromatic carbocycles. The van der Waals surface area contributed by atoms with Gasteiger partial charge in [-0.2, -0.15) is 0 Å². The van der Waals surface area contributed by atoms with Crippen molar-refractivity contribution in [3.8, 4) is 0 Å². The molecule has 0 bridgehead atoms. The second kappa shape index (κ2) is 9.73. The third-order valence-corrected chi connectivity index (χ3v) is 5.06. The molecule has 7 heteroatoms. The average molecular weight is 361 g/mol. The molecule has 2 fully saturated rings. The van der Waals surface area contributed by atoms with Gasteiger partial charge < -0.3 is 19.9 Å². The van der Waals surface area contributed by atoms with Crippen LogP contribution in [0.15, 0.2) is 29.4 Å². The van der Waals surface area contributed by atoms with Crippen molar-refractivity contribution in [2.75, 3.05) is 70.5 Å². The zero-order valence-electron chi connectivity index (χ0n) is 16.1. The molecular weight excluding hydrogens is 328 g/mol. The zero-order valence-corrected chi connectivity index (χ0v) is 16.1. The van der Waals surface area contributed by atoms with Crippen LogP contribution in [0.5, 0.6) is 0 Å². The minimum atomic E-state index is 0.447. The Morgan fingerprint density at radius 3 is 2.62 bits per heavy atom. The van der Waals surface area contributed by atoms with Gasteiger partial charge in [0.05, 0.1) is 19.8 Å². The lowest BCUT2D eigenvalue weighted by atomic mass is 10.2. The van der Waals surface area contributed by atoms with E-state index in [1.165, 1.54) is 0 Å². The number of piperazine rings is 1. The fourth-order valence-electron chi connectivity index (χ4n) is 3.47. The van der Waals surface area contributed by atoms with Crippen molar-refractivity contribution in [2.45, 2.75) is 19.9 Å². The van der Waals surface area contributed by atoms with Gasteiger partial charge in [-0.05, 0) is 26.0 Å². The number of hydrogen-bond donors (Lipinski definition) is 1. The van der Waals surface area contributed by atoms with Gasteiger partial charge in [0.15, 0.2) is 5.96 Å². The average Bonchev–Trinajstić information content (AvgIpc) is 2.72. The molecule has 1 aromatic heterocycles. The van der Waals surface area contributed by atoms with Crippen LogP contribution in [0, 0.1) is 0 Å². The second-order valence-corrected chi connectivity index (χ2v) is 6.85. The monoisotopic (exact) mass is 360 g/mol. The van der Waals surface area contributed by atoms with Gasteiger partial charge in [0, 0.05) is 58.1 Å². The van der Waals surface area contributed by atoms with Crippen molar-refractivity contribution >= 4 is 11.8 Å². The number of anilines is 1. The summed E-state index contributed by atoms with van der Waals surface area (Å²) in [6.45, 7) is 13.7. The van der Waals surface area contributed by atoms with E-state index in [2.05, 4.69) is 44.9 Å². The number of nitrogens with zero attached hydrogens (tertiary/aromatic N) is 5. The van der Waals surface area contributed by atoms with Crippen molar-refractivity contribution in [3.05, 3.63) is 24.4 Å². The van der Waals surface area contributed by atoms with Crippen LogP contribution in [0.1, 0.15) is 13.8 Å². The summed E-state index contributed by atoms with van der Waals surface area (Å²) >= 11 is 0. The Hall–Kier alpha value is -1.86. The maximum Gasteiger partial charge on any atom is 0.194 e. The van der Waals surface area contributed by atoms with E-state index in [0.717, 1.165) is 77.3 Å². The van der Waals surface area contributed by atoms with Crippen molar-refractivity contribution in [3.63, 3.8) is 0 Å². The summed E-state index contributed by atoms with van der Waals surface area (Å²) in [4.78, 5) is 16.6. The molecular formula is C19H32N6O. The minimum absolute atomic E-state index is 0.447. The molecule has 2 saturated heterocycles. The third kappa shape index (κ3) is 5.08. The molecule has 0 radical (unpaired) electrons. The van der Waals surface area contributed by atoms with E-state index in [9.17, 15) is 0 Å². The van der Waals surface area contributed by atoms with Crippen molar-refractivity contribution < 1.29 is 4.74 Å². The van der Waals surface area contributed by atoms with Crippen LogP contribution in [0.3, 0.4) is 0 Å². The van der Waals surface area contributed by atoms with Crippen LogP contribution in [0.4, 0.5) is 5.82 Å². The lowest BCUT2D eigenvalue weighted by Gasteiger charge is -2.37. The van der Waals surface area contributed by atoms with Crippen molar-refractivity contribution in [1.29, 1.82) is 0 Å². The predicted molar refractivity (Wildman–Crippen MR) is 106 cm³/mol. The summed E-state index contributed by atoms with van der Waals surface area (Å²) in [5.41, 5.74) is 0. The highest BCUT2D eigenvalue weighted by molar-refractivity contribution is 5.80. The van der Waals surface area contributed by atoms with Gasteiger partial charge in [0.25, 0.3) is 0 Å². The molecule has 2 aliphatic rings. The van der Waals surface area contributed by atoms with E-state index in [4.69, 9.17) is 9.73 Å². The first kappa shape index (κ1) is 18.9. The molecule has 0 aliphatic carbocycles. The maximum absolute atomic E-state index is 5.45. The molecule has 1 N–H and O–H groups in total. The molecule has 144 valence electrons. The number of pyridine rings is 1. The Balaban J connectivity index is 1.54. The Morgan fingerprint density at radius 1 is 1.19 bits per heavy atom. The Kier molecular flexibility index (Phi) is 7.08. The van der Waals surface area contributed by atoms with Crippen LogP contribution in [0.25, 0.3) is 0 Å². The topological polar surface area (TPSA) is 56.2 Å². The molecule has 26 heavy (non-hydrogen) atoms. The minimum Gasteiger partial charge on any atom is -0.379 e. The van der Waals surface area contributed by atoms with E-state index in [-0.39, 0.29) is 0 Å². The predicted octanol–water partition coefficient (Wildman–Crippen LogP) is 0.890. The fourth-order valence-corrected chi connectivity index (χ4v) is 3.47. The normalized spacial score (nSPS) is 20.9. The molecule has 1 unspecified atom stereocenters. The summed E-state index contributed by atoms with van der Waals surface area (Å²) in [6.07, 6.45) is 1.86. The smallest absolute Gasteiger partial charge is 0.194 e. The summed E-state index contributed by atoms with van der Waals surface area (Å²) < 4.78 is 5.45. The number of morpholine rings is 1. The van der Waals surface area contributed by atoms with E-state index in [1.54, 1.807) is 0 Å². The first-order valence-corrected chi connectivity index (χ1v) is 9.79. The van der Waals surface area contributed by atoms with E-state index in [1.807, 2.05) is 18.3 Å². The maximum atomic E-state index is 5.45. The van der Waals surface area contributed by atoms with E-state index in [0.29, 0.717) is 6.04 Å². The number of hydrogen-bond acceptors (Lipinski definition) is 5. The third-order valence-electron chi connectivity index (χ3n) is 5.06. The van der Waals surface area contributed by atoms with Crippen LogP contribution >= 0.6 is 0 Å². The molecule has 3 rings (SSSR count). The first-order chi connectivity index (χ1) is 12.8. The molecule has 1 aromatic rings. The Bertz CT molecular complexity index is 552. The van der Waals surface area contributed by atoms with Crippen LogP contribution in [-0.2, 0) is 4.74 Å². The van der Waals surface area contributed by atoms with Crippen molar-refractivity contribution in [1.82, 2.24) is 20.1 Å². The van der Waals surface area contributed by atoms with Crippen LogP contribution in [-0.4, -0.2) is 92.4 Å². The molecule has 0 amide bonds. The second-order valence-electron chi connectivity index (χ2n) is 6.85. The van der Waals surface area contributed by atoms with Gasteiger partial charge in [0.2, 0.25) is 0 Å². The number of aromatic nitrogens is 1. The van der Waals surface area contributed by atoms with E-state index >= 15 is 0 Å². The van der Waals surface area contributed by atoms with Gasteiger partial charge in [-0.1, -0.05) is 6.07 Å². The quantitative estimate of drug-likeness (QED) is 0.622. The number of guanidine groups is 1. The number of aliphatic imine (C=N–C) groups is 1. The summed E-state index contributed by atoms with van der Waals surface area (Å²) in [5, 5.41) is 3.46. The standard InChI is InChI=1S/C19H32N6O/c1-3-20-19(22-16-17(2)23-12-14-26-15-13-23)25-10-8-24(9-11-25)18-6-4-5-7-21-18/h4-7,17H,3,8-16H2,1-2H3,(H,20,22). The Labute approximate surface area is 157 Å². The molecule has 0 saturated carbocycles. The largest absolute Gasteiger partial charge is 0.379 e. The highest BCUT2D eigenvalue weighted by Crippen LogP contribution is 2.13. The lowest BCUT2D eigenvalue weighted by Crippen LogP contribution is -2.53. The van der Waals surface area contributed by atoms with Gasteiger partial charge in [-0.15, -0.1) is 0 Å². The van der Waals surface area contributed by atoms with Crippen molar-refractivity contribution in [2.24, 2.45) is 4.99 Å². The SMILES string of the molecule is CCNC(=NCC(C)N1CCOCC1)N1CCN(c2ccccn2)CC1. The number of nitrogens with one attached hydrogen (secondary N) is 1. The lowest BCUT2D eigenvalue weighted by molar-refractivity contribution is 0.0220. The summed E-state index contributed by atoms with van der Waals surface area (Å²) in [7, 11) is 0. The molecule has 2 aliphatic heterocycles. The number of rotatable bonds is 5. The first-order valence-electron chi connectivity index (χ1n) is 9.79. The summed E-state index contributed by atoms with van der Waals surface area (Å²) in [5.74, 6) is 2.10. The molecule has 0 spiro atoms. The van der Waals surface area contributed by atoms with Crippen LogP contribution in [0.2, 0.25) is 0 Å². The van der Waals surface area contributed by atoms with Gasteiger partial charge >= 0.3 is 0 Å². The molecule has 7 nitrogen and oxygen atoms in total. The van der Waals surface area contributed by atoms with Crippen LogP contribution < -0.4 is 10.2 Å². The summed E-state index contributed by atoms with van der Waals surface area (Å²) in [6, 6.07) is 6.54. The van der Waals surface area contributed by atoms with E-state index < -0.39 is 0 Å². The molecule has 3 heterocycles. The highest BCUT2D eigenvalue weighted by atomic mass is 16.5. The zero-order chi connectivity index (χ0) is 18.2. The molecule has 1 atom stereocenters. The van der Waals surface area contributed by atoms with Gasteiger partial charge in [-0.3, -0.25) is 9.89 Å². The highest BCUT2D eigenvalue weighted by Gasteiger charge is 2.21.